The molecule has 0 bridgehead atoms. The fourth-order valence-corrected chi connectivity index (χ4v) is 3.27. The lowest BCUT2D eigenvalue weighted by Gasteiger charge is -2.28. The van der Waals surface area contributed by atoms with Gasteiger partial charge in [0.05, 0.1) is 10.5 Å². The first-order valence-corrected chi connectivity index (χ1v) is 9.16. The lowest BCUT2D eigenvalue weighted by Crippen LogP contribution is -2.42. The highest BCUT2D eigenvalue weighted by Gasteiger charge is 2.33. The molecule has 0 saturated carbocycles. The number of carbonyl (C=O) groups excluding carboxylic acids is 2. The van der Waals surface area contributed by atoms with Gasteiger partial charge in [-0.25, -0.2) is 0 Å². The van der Waals surface area contributed by atoms with Crippen LogP contribution in [0.2, 0.25) is 5.02 Å². The van der Waals surface area contributed by atoms with Crippen molar-refractivity contribution >= 4 is 34.8 Å². The number of hydrogen-bond donors (Lipinski definition) is 0. The lowest BCUT2D eigenvalue weighted by atomic mass is 10.1. The van der Waals surface area contributed by atoms with E-state index in [1.165, 1.54) is 17.0 Å². The Kier molecular flexibility index (Phi) is 5.97. The van der Waals surface area contributed by atoms with Gasteiger partial charge in [0.25, 0.3) is 11.6 Å². The van der Waals surface area contributed by atoms with E-state index in [0.717, 1.165) is 35.2 Å². The third-order valence-electron chi connectivity index (χ3n) is 4.60. The van der Waals surface area contributed by atoms with Crippen LogP contribution in [0.4, 0.5) is 24.5 Å². The monoisotopic (exact) mass is 441 g/mol. The van der Waals surface area contributed by atoms with Crippen molar-refractivity contribution in [3.05, 3.63) is 68.7 Å². The third-order valence-corrected chi connectivity index (χ3v) is 4.92. The van der Waals surface area contributed by atoms with Crippen molar-refractivity contribution in [1.82, 2.24) is 4.90 Å². The minimum absolute atomic E-state index is 0.0906. The molecule has 30 heavy (non-hydrogen) atoms. The molecular weight excluding hydrogens is 427 g/mol. The quantitative estimate of drug-likeness (QED) is 0.505. The van der Waals surface area contributed by atoms with Gasteiger partial charge in [-0.2, -0.15) is 13.2 Å². The van der Waals surface area contributed by atoms with Crippen molar-refractivity contribution < 1.29 is 27.7 Å². The molecule has 2 amide bonds. The Balaban J connectivity index is 2.04. The van der Waals surface area contributed by atoms with E-state index in [0.29, 0.717) is 13.0 Å². The zero-order chi connectivity index (χ0) is 22.1. The molecule has 11 heteroatoms. The zero-order valence-corrected chi connectivity index (χ0v) is 16.1. The Morgan fingerprint density at radius 1 is 1.23 bits per heavy atom. The highest BCUT2D eigenvalue weighted by Crippen LogP contribution is 2.33. The number of anilines is 1. The Bertz CT molecular complexity index is 1010. The van der Waals surface area contributed by atoms with Crippen LogP contribution in [0.3, 0.4) is 0 Å². The molecule has 0 spiro atoms. The number of nitro groups is 1. The average Bonchev–Trinajstić information content (AvgIpc) is 3.09. The lowest BCUT2D eigenvalue weighted by molar-refractivity contribution is -0.384. The highest BCUT2D eigenvalue weighted by atomic mass is 35.5. The summed E-state index contributed by atoms with van der Waals surface area (Å²) < 4.78 is 39.5. The van der Waals surface area contributed by atoms with Crippen LogP contribution in [0, 0.1) is 10.1 Å². The molecule has 7 nitrogen and oxygen atoms in total. The van der Waals surface area contributed by atoms with Crippen molar-refractivity contribution in [2.24, 2.45) is 0 Å². The molecule has 0 atom stereocenters. The molecule has 0 unspecified atom stereocenters. The molecule has 2 aromatic carbocycles. The minimum Gasteiger partial charge on any atom is -0.324 e. The second kappa shape index (κ2) is 8.31. The normalized spacial score (nSPS) is 14.1. The summed E-state index contributed by atoms with van der Waals surface area (Å²) in [5.41, 5.74) is -1.71. The molecular formula is C19H15ClF3N3O4. The van der Waals surface area contributed by atoms with Gasteiger partial charge in [0.2, 0.25) is 5.91 Å². The maximum absolute atomic E-state index is 13.2. The predicted molar refractivity (Wildman–Crippen MR) is 102 cm³/mol. The number of nitro benzene ring substituents is 1. The number of rotatable bonds is 5. The summed E-state index contributed by atoms with van der Waals surface area (Å²) in [5.74, 6) is -1.03. The molecule has 1 fully saturated rings. The minimum atomic E-state index is -4.63. The summed E-state index contributed by atoms with van der Waals surface area (Å²) in [6.07, 6.45) is -3.79. The smallest absolute Gasteiger partial charge is 0.324 e. The first kappa shape index (κ1) is 21.6. The van der Waals surface area contributed by atoms with E-state index in [4.69, 9.17) is 11.6 Å². The number of likely N-dealkylation sites (tertiary alicyclic amines) is 1. The summed E-state index contributed by atoms with van der Waals surface area (Å²) in [6, 6.07) is 7.47. The molecule has 158 valence electrons. The van der Waals surface area contributed by atoms with E-state index in [1.807, 2.05) is 0 Å². The molecule has 3 rings (SSSR count). The molecule has 0 aromatic heterocycles. The number of halogens is 4. The molecule has 1 heterocycles. The molecule has 2 aromatic rings. The number of hydrogen-bond acceptors (Lipinski definition) is 4. The third kappa shape index (κ3) is 4.54. The van der Waals surface area contributed by atoms with E-state index >= 15 is 0 Å². The van der Waals surface area contributed by atoms with Gasteiger partial charge in [-0.05, 0) is 36.8 Å². The van der Waals surface area contributed by atoms with E-state index < -0.39 is 28.3 Å². The number of amides is 2. The molecule has 0 N–H and O–H groups in total. The SMILES string of the molecule is O=C1CCCN1CN(C(=O)c1ccc(Cl)c([N+](=O)[O-])c1)c1cccc(C(F)(F)F)c1. The fourth-order valence-electron chi connectivity index (χ4n) is 3.08. The second-order valence-corrected chi connectivity index (χ2v) is 7.01. The van der Waals surface area contributed by atoms with Crippen molar-refractivity contribution in [3.63, 3.8) is 0 Å². The predicted octanol–water partition coefficient (Wildman–Crippen LogP) is 4.49. The second-order valence-electron chi connectivity index (χ2n) is 6.61. The number of carbonyl (C=O) groups is 2. The van der Waals surface area contributed by atoms with Gasteiger partial charge in [0, 0.05) is 30.3 Å². The summed E-state index contributed by atoms with van der Waals surface area (Å²) in [6.45, 7) is 0.0672. The Morgan fingerprint density at radius 3 is 2.57 bits per heavy atom. The summed E-state index contributed by atoms with van der Waals surface area (Å²) in [7, 11) is 0. The summed E-state index contributed by atoms with van der Waals surface area (Å²) in [4.78, 5) is 37.9. The van der Waals surface area contributed by atoms with Gasteiger partial charge < -0.3 is 4.90 Å². The van der Waals surface area contributed by atoms with Gasteiger partial charge in [-0.1, -0.05) is 17.7 Å². The topological polar surface area (TPSA) is 83.8 Å². The van der Waals surface area contributed by atoms with Crippen LogP contribution in [0.1, 0.15) is 28.8 Å². The van der Waals surface area contributed by atoms with Gasteiger partial charge >= 0.3 is 6.18 Å². The number of nitrogens with zero attached hydrogens (tertiary/aromatic N) is 3. The van der Waals surface area contributed by atoms with Crippen LogP contribution in [0.5, 0.6) is 0 Å². The van der Waals surface area contributed by atoms with E-state index in [1.54, 1.807) is 0 Å². The average molecular weight is 442 g/mol. The van der Waals surface area contributed by atoms with Gasteiger partial charge in [-0.3, -0.25) is 24.6 Å². The summed E-state index contributed by atoms with van der Waals surface area (Å²) in [5, 5.41) is 10.9. The first-order valence-electron chi connectivity index (χ1n) is 8.79. The first-order chi connectivity index (χ1) is 14.1. The molecule has 0 aliphatic carbocycles. The number of benzene rings is 2. The Morgan fingerprint density at radius 2 is 1.97 bits per heavy atom. The van der Waals surface area contributed by atoms with Crippen LogP contribution in [-0.2, 0) is 11.0 Å². The van der Waals surface area contributed by atoms with Crippen LogP contribution in [0.25, 0.3) is 0 Å². The standard InChI is InChI=1S/C19H15ClF3N3O4/c20-15-7-6-12(9-16(15)26(29)30)18(28)25(11-24-8-2-5-17(24)27)14-4-1-3-13(10-14)19(21,22)23/h1,3-4,6-7,9-10H,2,5,8,11H2. The maximum Gasteiger partial charge on any atom is 0.416 e. The molecule has 1 aliphatic rings. The van der Waals surface area contributed by atoms with E-state index in [9.17, 15) is 32.9 Å². The van der Waals surface area contributed by atoms with E-state index in [-0.39, 0.29) is 35.3 Å². The maximum atomic E-state index is 13.2. The fraction of sp³-hybridized carbons (Fsp3) is 0.263. The highest BCUT2D eigenvalue weighted by molar-refractivity contribution is 6.32. The molecule has 1 aliphatic heterocycles. The Hall–Kier alpha value is -3.14. The summed E-state index contributed by atoms with van der Waals surface area (Å²) >= 11 is 5.78. The van der Waals surface area contributed by atoms with Gasteiger partial charge in [-0.15, -0.1) is 0 Å². The zero-order valence-electron chi connectivity index (χ0n) is 15.4. The van der Waals surface area contributed by atoms with Crippen molar-refractivity contribution in [1.29, 1.82) is 0 Å². The van der Waals surface area contributed by atoms with Crippen molar-refractivity contribution in [2.45, 2.75) is 19.0 Å². The molecule has 1 saturated heterocycles. The van der Waals surface area contributed by atoms with Crippen molar-refractivity contribution in [3.8, 4) is 0 Å². The van der Waals surface area contributed by atoms with Gasteiger partial charge in [0.15, 0.2) is 0 Å². The van der Waals surface area contributed by atoms with Crippen LogP contribution >= 0.6 is 11.6 Å². The van der Waals surface area contributed by atoms with Crippen LogP contribution < -0.4 is 4.90 Å². The Labute approximate surface area is 173 Å². The van der Waals surface area contributed by atoms with E-state index in [2.05, 4.69) is 0 Å². The van der Waals surface area contributed by atoms with Gasteiger partial charge in [0.1, 0.15) is 11.7 Å². The number of alkyl halides is 3. The van der Waals surface area contributed by atoms with Crippen LogP contribution in [-0.4, -0.2) is 34.9 Å². The van der Waals surface area contributed by atoms with Crippen LogP contribution in [0.15, 0.2) is 42.5 Å². The molecule has 0 radical (unpaired) electrons. The van der Waals surface area contributed by atoms with Crippen molar-refractivity contribution in [2.75, 3.05) is 18.1 Å². The largest absolute Gasteiger partial charge is 0.416 e.